The first kappa shape index (κ1) is 21.0. The third kappa shape index (κ3) is 6.40. The summed E-state index contributed by atoms with van der Waals surface area (Å²) in [6, 6.07) is 6.13. The van der Waals surface area contributed by atoms with Gasteiger partial charge in [-0.2, -0.15) is 0 Å². The van der Waals surface area contributed by atoms with Crippen molar-refractivity contribution in [2.75, 3.05) is 29.4 Å². The van der Waals surface area contributed by atoms with Crippen molar-refractivity contribution < 1.29 is 9.59 Å². The van der Waals surface area contributed by atoms with Gasteiger partial charge in [-0.05, 0) is 65.3 Å². The molecule has 25 heavy (non-hydrogen) atoms. The van der Waals surface area contributed by atoms with Gasteiger partial charge in [0.25, 0.3) is 0 Å². The number of nitrogens with one attached hydrogen (secondary N) is 1. The van der Waals surface area contributed by atoms with Gasteiger partial charge in [0.05, 0.1) is 0 Å². The number of carbonyl (C=O) groups excluding carboxylic acids is 2. The van der Waals surface area contributed by atoms with Crippen LogP contribution in [-0.2, 0) is 9.59 Å². The molecule has 1 N–H and O–H groups in total. The Hall–Kier alpha value is -2.04. The molecule has 2 amide bonds. The Balaban J connectivity index is 2.92. The zero-order chi connectivity index (χ0) is 19.2. The average Bonchev–Trinajstić information content (AvgIpc) is 2.48. The van der Waals surface area contributed by atoms with Crippen LogP contribution in [0.2, 0.25) is 0 Å². The first-order chi connectivity index (χ1) is 11.6. The zero-order valence-corrected chi connectivity index (χ0v) is 16.8. The highest BCUT2D eigenvalue weighted by Crippen LogP contribution is 2.26. The van der Waals surface area contributed by atoms with Gasteiger partial charge in [-0.25, -0.2) is 0 Å². The molecular formula is C20H33N3O2. The van der Waals surface area contributed by atoms with E-state index >= 15 is 0 Å². The predicted molar refractivity (Wildman–Crippen MR) is 105 cm³/mol. The molecule has 1 rings (SSSR count). The summed E-state index contributed by atoms with van der Waals surface area (Å²) in [5, 5.41) is 2.94. The maximum absolute atomic E-state index is 12.1. The summed E-state index contributed by atoms with van der Waals surface area (Å²) in [6.07, 6.45) is 0.286. The summed E-state index contributed by atoms with van der Waals surface area (Å²) in [5.74, 6) is -0.0987. The Bertz CT molecular complexity index is 601. The molecule has 5 heteroatoms. The number of nitrogens with zero attached hydrogens (tertiary/aromatic N) is 2. The van der Waals surface area contributed by atoms with Crippen LogP contribution in [0.1, 0.15) is 53.5 Å². The summed E-state index contributed by atoms with van der Waals surface area (Å²) in [4.78, 5) is 28.1. The van der Waals surface area contributed by atoms with Gasteiger partial charge >= 0.3 is 0 Å². The summed E-state index contributed by atoms with van der Waals surface area (Å²) >= 11 is 0. The third-order valence-electron chi connectivity index (χ3n) is 4.06. The Morgan fingerprint density at radius 2 is 1.72 bits per heavy atom. The highest BCUT2D eigenvalue weighted by Gasteiger charge is 2.18. The second-order valence-corrected chi connectivity index (χ2v) is 7.36. The van der Waals surface area contributed by atoms with Crippen molar-refractivity contribution in [3.63, 3.8) is 0 Å². The normalized spacial score (nSPS) is 11.2. The maximum atomic E-state index is 12.1. The minimum absolute atomic E-state index is 0.0452. The van der Waals surface area contributed by atoms with E-state index in [1.165, 1.54) is 0 Å². The smallest absolute Gasteiger partial charge is 0.223 e. The lowest BCUT2D eigenvalue weighted by atomic mass is 10.1. The Kier molecular flexibility index (Phi) is 7.46. The van der Waals surface area contributed by atoms with E-state index < -0.39 is 0 Å². The van der Waals surface area contributed by atoms with Crippen LogP contribution in [0.25, 0.3) is 0 Å². The van der Waals surface area contributed by atoms with Gasteiger partial charge in [0, 0.05) is 49.9 Å². The van der Waals surface area contributed by atoms with Crippen molar-refractivity contribution in [2.45, 2.75) is 60.4 Å². The Morgan fingerprint density at radius 3 is 2.16 bits per heavy atom. The van der Waals surface area contributed by atoms with Crippen molar-refractivity contribution in [1.82, 2.24) is 5.32 Å². The molecule has 0 unspecified atom stereocenters. The molecule has 0 aliphatic rings. The minimum atomic E-state index is -0.264. The topological polar surface area (TPSA) is 52.6 Å². The van der Waals surface area contributed by atoms with E-state index in [1.807, 2.05) is 39.8 Å². The average molecular weight is 348 g/mol. The monoisotopic (exact) mass is 347 g/mol. The number of aryl methyl sites for hydroxylation is 1. The van der Waals surface area contributed by atoms with E-state index in [2.05, 4.69) is 30.1 Å². The fourth-order valence-corrected chi connectivity index (χ4v) is 2.87. The Labute approximate surface area is 152 Å². The van der Waals surface area contributed by atoms with E-state index in [0.29, 0.717) is 6.54 Å². The molecule has 0 heterocycles. The molecule has 1 aromatic rings. The highest BCUT2D eigenvalue weighted by molar-refractivity contribution is 5.93. The lowest BCUT2D eigenvalue weighted by Gasteiger charge is -2.27. The van der Waals surface area contributed by atoms with Crippen molar-refractivity contribution >= 4 is 23.2 Å². The molecule has 0 aliphatic heterocycles. The largest absolute Gasteiger partial charge is 0.372 e. The van der Waals surface area contributed by atoms with Crippen LogP contribution in [-0.4, -0.2) is 37.0 Å². The van der Waals surface area contributed by atoms with Crippen molar-refractivity contribution in [2.24, 2.45) is 0 Å². The number of rotatable bonds is 7. The molecule has 1 aromatic carbocycles. The molecule has 0 fully saturated rings. The Morgan fingerprint density at radius 1 is 1.12 bits per heavy atom. The van der Waals surface area contributed by atoms with Crippen LogP contribution < -0.4 is 15.1 Å². The first-order valence-electron chi connectivity index (χ1n) is 9.03. The van der Waals surface area contributed by atoms with Gasteiger partial charge in [0.2, 0.25) is 11.8 Å². The van der Waals surface area contributed by atoms with Gasteiger partial charge in [-0.15, -0.1) is 0 Å². The zero-order valence-electron chi connectivity index (χ0n) is 16.8. The number of benzene rings is 1. The molecule has 0 saturated carbocycles. The quantitative estimate of drug-likeness (QED) is 0.821. The van der Waals surface area contributed by atoms with E-state index in [4.69, 9.17) is 0 Å². The molecule has 140 valence electrons. The molecule has 0 bridgehead atoms. The number of carbonyl (C=O) groups is 2. The summed E-state index contributed by atoms with van der Waals surface area (Å²) in [5.41, 5.74) is 2.79. The fraction of sp³-hybridized carbons (Fsp3) is 0.600. The predicted octanol–water partition coefficient (Wildman–Crippen LogP) is 3.50. The van der Waals surface area contributed by atoms with Crippen LogP contribution in [0.5, 0.6) is 0 Å². The second kappa shape index (κ2) is 8.88. The van der Waals surface area contributed by atoms with Gasteiger partial charge in [-0.3, -0.25) is 9.59 Å². The van der Waals surface area contributed by atoms with Gasteiger partial charge in [-0.1, -0.05) is 0 Å². The number of anilines is 2. The van der Waals surface area contributed by atoms with Crippen molar-refractivity contribution in [3.8, 4) is 0 Å². The molecule has 0 spiro atoms. The molecule has 0 aromatic heterocycles. The van der Waals surface area contributed by atoms with Crippen molar-refractivity contribution in [3.05, 3.63) is 23.8 Å². The van der Waals surface area contributed by atoms with Gasteiger partial charge < -0.3 is 15.1 Å². The van der Waals surface area contributed by atoms with Crippen molar-refractivity contribution in [1.29, 1.82) is 0 Å². The van der Waals surface area contributed by atoms with Gasteiger partial charge in [0.15, 0.2) is 0 Å². The first-order valence-corrected chi connectivity index (χ1v) is 9.03. The lowest BCUT2D eigenvalue weighted by molar-refractivity contribution is -0.122. The molecule has 5 nitrogen and oxygen atoms in total. The van der Waals surface area contributed by atoms with E-state index in [1.54, 1.807) is 11.8 Å². The number of hydrogen-bond acceptors (Lipinski definition) is 3. The third-order valence-corrected chi connectivity index (χ3v) is 4.06. The minimum Gasteiger partial charge on any atom is -0.372 e. The summed E-state index contributed by atoms with van der Waals surface area (Å²) < 4.78 is 0. The highest BCUT2D eigenvalue weighted by atomic mass is 16.2. The van der Waals surface area contributed by atoms with E-state index in [0.717, 1.165) is 30.0 Å². The number of amides is 2. The van der Waals surface area contributed by atoms with Gasteiger partial charge in [0.1, 0.15) is 0 Å². The molecule has 0 saturated heterocycles. The summed E-state index contributed by atoms with van der Waals surface area (Å²) in [6.45, 7) is 15.9. The van der Waals surface area contributed by atoms with Crippen LogP contribution in [0.3, 0.4) is 0 Å². The van der Waals surface area contributed by atoms with Crippen LogP contribution in [0, 0.1) is 6.92 Å². The van der Waals surface area contributed by atoms with Crippen LogP contribution in [0.4, 0.5) is 11.4 Å². The number of hydrogen-bond donors (Lipinski definition) is 1. The van der Waals surface area contributed by atoms with Crippen LogP contribution >= 0.6 is 0 Å². The maximum Gasteiger partial charge on any atom is 0.223 e. The molecule has 0 atom stereocenters. The lowest BCUT2D eigenvalue weighted by Crippen LogP contribution is -2.42. The van der Waals surface area contributed by atoms with Crippen LogP contribution in [0.15, 0.2) is 18.2 Å². The van der Waals surface area contributed by atoms with E-state index in [-0.39, 0.29) is 23.8 Å². The second-order valence-electron chi connectivity index (χ2n) is 7.36. The SMILES string of the molecule is CCN(CC)c1ccc(N(CCC(=O)NC(C)(C)C)C(C)=O)c(C)c1. The molecule has 0 radical (unpaired) electrons. The molecule has 0 aliphatic carbocycles. The fourth-order valence-electron chi connectivity index (χ4n) is 2.87. The molecular weight excluding hydrogens is 314 g/mol. The van der Waals surface area contributed by atoms with E-state index in [9.17, 15) is 9.59 Å². The summed E-state index contributed by atoms with van der Waals surface area (Å²) in [7, 11) is 0. The standard InChI is InChI=1S/C20H33N3O2/c1-8-22(9-2)17-10-11-18(15(3)14-17)23(16(4)24)13-12-19(25)21-20(5,6)7/h10-11,14H,8-9,12-13H2,1-7H3,(H,21,25).